The zero-order chi connectivity index (χ0) is 21.1. The molecule has 1 aromatic heterocycles. The summed E-state index contributed by atoms with van der Waals surface area (Å²) in [5.41, 5.74) is 4.83. The highest BCUT2D eigenvalue weighted by atomic mass is 16.2. The Morgan fingerprint density at radius 1 is 1.10 bits per heavy atom. The third-order valence-corrected chi connectivity index (χ3v) is 6.22. The quantitative estimate of drug-likeness (QED) is 0.627. The van der Waals surface area contributed by atoms with Crippen LogP contribution in [-0.4, -0.2) is 55.6 Å². The van der Waals surface area contributed by atoms with Gasteiger partial charge in [-0.1, -0.05) is 30.3 Å². The second-order valence-corrected chi connectivity index (χ2v) is 8.49. The zero-order valence-corrected chi connectivity index (χ0v) is 18.2. The largest absolute Gasteiger partial charge is 0.378 e. The van der Waals surface area contributed by atoms with Gasteiger partial charge in [-0.15, -0.1) is 0 Å². The minimum atomic E-state index is -0.183. The first-order valence-electron chi connectivity index (χ1n) is 10.9. The molecule has 0 spiro atoms. The van der Waals surface area contributed by atoms with E-state index in [-0.39, 0.29) is 17.9 Å². The topological polar surface area (TPSA) is 51.4 Å². The number of aromatic amines is 1. The summed E-state index contributed by atoms with van der Waals surface area (Å²) < 4.78 is 0. The summed E-state index contributed by atoms with van der Waals surface area (Å²) >= 11 is 0. The number of carbonyl (C=O) groups is 1. The molecule has 1 fully saturated rings. The lowest BCUT2D eigenvalue weighted by Gasteiger charge is -2.24. The fourth-order valence-corrected chi connectivity index (χ4v) is 4.39. The number of nitrogens with one attached hydrogen (secondary N) is 2. The summed E-state index contributed by atoms with van der Waals surface area (Å²) in [6.07, 6.45) is 4.35. The first-order chi connectivity index (χ1) is 14.5. The molecule has 0 bridgehead atoms. The van der Waals surface area contributed by atoms with Crippen LogP contribution in [0.4, 0.5) is 5.69 Å². The maximum absolute atomic E-state index is 12.8. The lowest BCUT2D eigenvalue weighted by molar-refractivity contribution is -0.131. The average molecular weight is 405 g/mol. The Bertz CT molecular complexity index is 986. The van der Waals surface area contributed by atoms with Crippen molar-refractivity contribution in [1.29, 1.82) is 0 Å². The lowest BCUT2D eigenvalue weighted by Crippen LogP contribution is -2.44. The van der Waals surface area contributed by atoms with Crippen molar-refractivity contribution in [2.45, 2.75) is 31.7 Å². The van der Waals surface area contributed by atoms with Crippen LogP contribution < -0.4 is 10.2 Å². The van der Waals surface area contributed by atoms with E-state index in [9.17, 15) is 4.79 Å². The highest BCUT2D eigenvalue weighted by Gasteiger charge is 2.25. The first-order valence-corrected chi connectivity index (χ1v) is 10.9. The van der Waals surface area contributed by atoms with Crippen LogP contribution in [-0.2, 0) is 4.79 Å². The maximum Gasteiger partial charge on any atom is 0.239 e. The molecule has 0 unspecified atom stereocenters. The highest BCUT2D eigenvalue weighted by molar-refractivity contribution is 5.84. The standard InChI is InChI=1S/C25H32N4O/c1-18(25(30)29-14-6-7-15-29)26-16-22(19-10-12-20(13-11-19)28(2)3)23-17-27-24-9-5-4-8-21(23)24/h4-5,8-13,17-18,22,26-27H,6-7,14-16H2,1-3H3/t18-,22-/m1/s1. The van der Waals surface area contributed by atoms with E-state index in [1.165, 1.54) is 22.2 Å². The van der Waals surface area contributed by atoms with Gasteiger partial charge in [-0.25, -0.2) is 0 Å². The molecule has 0 radical (unpaired) electrons. The van der Waals surface area contributed by atoms with Gasteiger partial charge in [0.15, 0.2) is 0 Å². The minimum Gasteiger partial charge on any atom is -0.378 e. The van der Waals surface area contributed by atoms with Crippen LogP contribution in [0.1, 0.15) is 36.8 Å². The van der Waals surface area contributed by atoms with Crippen LogP contribution >= 0.6 is 0 Å². The number of aromatic nitrogens is 1. The minimum absolute atomic E-state index is 0.159. The normalized spacial score (nSPS) is 16.0. The predicted molar refractivity (Wildman–Crippen MR) is 124 cm³/mol. The Hall–Kier alpha value is -2.79. The average Bonchev–Trinajstić information content (AvgIpc) is 3.44. The number of anilines is 1. The van der Waals surface area contributed by atoms with Crippen molar-refractivity contribution in [1.82, 2.24) is 15.2 Å². The summed E-state index contributed by atoms with van der Waals surface area (Å²) in [6, 6.07) is 17.0. The number of benzene rings is 2. The summed E-state index contributed by atoms with van der Waals surface area (Å²) in [4.78, 5) is 20.3. The number of carbonyl (C=O) groups excluding carboxylic acids is 1. The number of likely N-dealkylation sites (tertiary alicyclic amines) is 1. The molecule has 3 aromatic rings. The SMILES string of the molecule is C[C@@H](NC[C@H](c1ccc(N(C)C)cc1)c1c[nH]c2ccccc12)C(=O)N1CCCC1. The molecule has 1 saturated heterocycles. The summed E-state index contributed by atoms with van der Waals surface area (Å²) in [5, 5.41) is 4.77. The van der Waals surface area contributed by atoms with Gasteiger partial charge >= 0.3 is 0 Å². The highest BCUT2D eigenvalue weighted by Crippen LogP contribution is 2.31. The van der Waals surface area contributed by atoms with Gasteiger partial charge in [0.2, 0.25) is 5.91 Å². The number of hydrogen-bond acceptors (Lipinski definition) is 3. The molecular formula is C25H32N4O. The van der Waals surface area contributed by atoms with Gasteiger partial charge in [-0.3, -0.25) is 4.79 Å². The smallest absolute Gasteiger partial charge is 0.239 e. The van der Waals surface area contributed by atoms with E-state index in [4.69, 9.17) is 0 Å². The lowest BCUT2D eigenvalue weighted by atomic mass is 9.90. The maximum atomic E-state index is 12.8. The van der Waals surface area contributed by atoms with Crippen molar-refractivity contribution in [2.24, 2.45) is 0 Å². The monoisotopic (exact) mass is 404 g/mol. The number of para-hydroxylation sites is 1. The number of fused-ring (bicyclic) bond motifs is 1. The Kier molecular flexibility index (Phi) is 6.09. The van der Waals surface area contributed by atoms with Crippen molar-refractivity contribution in [2.75, 3.05) is 38.6 Å². The number of hydrogen-bond donors (Lipinski definition) is 2. The van der Waals surface area contributed by atoms with Gasteiger partial charge in [0, 0.05) is 62.4 Å². The molecule has 4 rings (SSSR count). The number of nitrogens with zero attached hydrogens (tertiary/aromatic N) is 2. The third-order valence-electron chi connectivity index (χ3n) is 6.22. The van der Waals surface area contributed by atoms with Crippen LogP contribution in [0.25, 0.3) is 10.9 Å². The fraction of sp³-hybridized carbons (Fsp3) is 0.400. The Labute approximate surface area is 179 Å². The van der Waals surface area contributed by atoms with E-state index >= 15 is 0 Å². The zero-order valence-electron chi connectivity index (χ0n) is 18.2. The third kappa shape index (κ3) is 4.21. The van der Waals surface area contributed by atoms with Gasteiger partial charge < -0.3 is 20.1 Å². The van der Waals surface area contributed by atoms with Crippen LogP contribution in [0.2, 0.25) is 0 Å². The molecule has 1 amide bonds. The molecule has 2 N–H and O–H groups in total. The van der Waals surface area contributed by atoms with E-state index in [1.54, 1.807) is 0 Å². The molecule has 30 heavy (non-hydrogen) atoms. The van der Waals surface area contributed by atoms with Crippen LogP contribution in [0, 0.1) is 0 Å². The summed E-state index contributed by atoms with van der Waals surface area (Å²) in [6.45, 7) is 4.48. The molecule has 1 aliphatic rings. The summed E-state index contributed by atoms with van der Waals surface area (Å²) in [7, 11) is 4.11. The van der Waals surface area contributed by atoms with Crippen molar-refractivity contribution in [3.63, 3.8) is 0 Å². The van der Waals surface area contributed by atoms with Crippen LogP contribution in [0.15, 0.2) is 54.7 Å². The number of rotatable bonds is 7. The molecule has 0 aliphatic carbocycles. The van der Waals surface area contributed by atoms with Gasteiger partial charge in [0.05, 0.1) is 6.04 Å². The molecule has 2 heterocycles. The van der Waals surface area contributed by atoms with Crippen molar-refractivity contribution in [3.8, 4) is 0 Å². The molecule has 158 valence electrons. The van der Waals surface area contributed by atoms with E-state index in [1.807, 2.05) is 11.8 Å². The molecular weight excluding hydrogens is 372 g/mol. The van der Waals surface area contributed by atoms with E-state index < -0.39 is 0 Å². The molecule has 2 atom stereocenters. The molecule has 0 saturated carbocycles. The van der Waals surface area contributed by atoms with Gasteiger partial charge in [-0.05, 0) is 49.1 Å². The number of H-pyrrole nitrogens is 1. The van der Waals surface area contributed by atoms with E-state index in [0.717, 1.165) is 31.4 Å². The Balaban J connectivity index is 1.59. The van der Waals surface area contributed by atoms with Crippen LogP contribution in [0.3, 0.4) is 0 Å². The summed E-state index contributed by atoms with van der Waals surface area (Å²) in [5.74, 6) is 0.374. The van der Waals surface area contributed by atoms with Gasteiger partial charge in [0.1, 0.15) is 0 Å². The van der Waals surface area contributed by atoms with Gasteiger partial charge in [-0.2, -0.15) is 0 Å². The van der Waals surface area contributed by atoms with Crippen molar-refractivity contribution >= 4 is 22.5 Å². The Morgan fingerprint density at radius 3 is 2.50 bits per heavy atom. The van der Waals surface area contributed by atoms with Crippen molar-refractivity contribution in [3.05, 3.63) is 65.9 Å². The Morgan fingerprint density at radius 2 is 1.80 bits per heavy atom. The van der Waals surface area contributed by atoms with Crippen LogP contribution in [0.5, 0.6) is 0 Å². The fourth-order valence-electron chi connectivity index (χ4n) is 4.39. The second kappa shape index (κ2) is 8.92. The van der Waals surface area contributed by atoms with Crippen molar-refractivity contribution < 1.29 is 4.79 Å². The second-order valence-electron chi connectivity index (χ2n) is 8.49. The molecule has 5 nitrogen and oxygen atoms in total. The predicted octanol–water partition coefficient (Wildman–Crippen LogP) is 3.97. The first kappa shape index (κ1) is 20.5. The molecule has 1 aliphatic heterocycles. The van der Waals surface area contributed by atoms with E-state index in [2.05, 4.69) is 84.0 Å². The molecule has 5 heteroatoms. The van der Waals surface area contributed by atoms with E-state index in [0.29, 0.717) is 6.54 Å². The molecule has 2 aromatic carbocycles. The van der Waals surface area contributed by atoms with Gasteiger partial charge in [0.25, 0.3) is 0 Å². The number of amides is 1.